The van der Waals surface area contributed by atoms with Gasteiger partial charge in [-0.05, 0) is 38.7 Å². The molecule has 11 nitrogen and oxygen atoms in total. The second-order valence-electron chi connectivity index (χ2n) is 11.7. The molecule has 12 heteroatoms. The number of nitrogens with zero attached hydrogens (tertiary/aromatic N) is 1. The van der Waals surface area contributed by atoms with Crippen molar-refractivity contribution < 1.29 is 27.9 Å². The summed E-state index contributed by atoms with van der Waals surface area (Å²) in [5.74, 6) is -1.30. The Morgan fingerprint density at radius 2 is 1.79 bits per heavy atom. The third-order valence-corrected chi connectivity index (χ3v) is 10.2. The number of aromatic amines is 1. The van der Waals surface area contributed by atoms with E-state index < -0.39 is 63.0 Å². The van der Waals surface area contributed by atoms with Gasteiger partial charge < -0.3 is 31.2 Å². The van der Waals surface area contributed by atoms with Crippen molar-refractivity contribution in [3.05, 3.63) is 54.1 Å². The Morgan fingerprint density at radius 3 is 2.40 bits per heavy atom. The molecule has 0 radical (unpaired) electrons. The number of sulfone groups is 1. The Bertz CT molecular complexity index is 1200. The highest BCUT2D eigenvalue weighted by molar-refractivity contribution is 7.92. The van der Waals surface area contributed by atoms with Gasteiger partial charge in [0, 0.05) is 18.3 Å². The van der Waals surface area contributed by atoms with E-state index in [0.29, 0.717) is 12.1 Å². The van der Waals surface area contributed by atoms with Crippen molar-refractivity contribution in [2.75, 3.05) is 5.75 Å². The summed E-state index contributed by atoms with van der Waals surface area (Å²) >= 11 is 0. The number of hydrogen-bond acceptors (Lipinski definition) is 8. The zero-order valence-corrected chi connectivity index (χ0v) is 25.7. The van der Waals surface area contributed by atoms with Crippen LogP contribution in [0.15, 0.2) is 42.9 Å². The zero-order chi connectivity index (χ0) is 30.7. The van der Waals surface area contributed by atoms with E-state index in [-0.39, 0.29) is 18.9 Å². The summed E-state index contributed by atoms with van der Waals surface area (Å²) in [6.07, 6.45) is 6.84. The third kappa shape index (κ3) is 10.5. The van der Waals surface area contributed by atoms with Gasteiger partial charge in [0.05, 0.1) is 42.2 Å². The number of amides is 2. The number of carbonyl (C=O) groups excluding carboxylic acids is 2. The van der Waals surface area contributed by atoms with E-state index in [2.05, 4.69) is 20.6 Å². The summed E-state index contributed by atoms with van der Waals surface area (Å²) in [6.45, 7) is 5.12. The Hall–Kier alpha value is -2.80. The molecule has 1 aliphatic rings. The smallest absolute Gasteiger partial charge is 0.243 e. The van der Waals surface area contributed by atoms with Crippen LogP contribution in [0.3, 0.4) is 0 Å². The van der Waals surface area contributed by atoms with E-state index in [1.165, 1.54) is 6.33 Å². The number of nitrogens with two attached hydrogens (primary N) is 1. The second kappa shape index (κ2) is 16.2. The fraction of sp³-hybridized carbons (Fsp3) is 0.633. The van der Waals surface area contributed by atoms with Gasteiger partial charge in [-0.2, -0.15) is 0 Å². The Labute approximate surface area is 249 Å². The number of H-pyrrole nitrogens is 1. The lowest BCUT2D eigenvalue weighted by Crippen LogP contribution is -2.58. The van der Waals surface area contributed by atoms with Gasteiger partial charge in [-0.3, -0.25) is 9.59 Å². The maximum atomic E-state index is 13.7. The van der Waals surface area contributed by atoms with Crippen molar-refractivity contribution >= 4 is 21.7 Å². The van der Waals surface area contributed by atoms with Crippen LogP contribution in [0, 0.1) is 5.92 Å². The summed E-state index contributed by atoms with van der Waals surface area (Å²) < 4.78 is 31.1. The normalized spacial score (nSPS) is 18.1. The molecular formula is C30H47N5O6S. The number of aliphatic hydroxyl groups excluding tert-OH is 1. The predicted octanol–water partition coefficient (Wildman–Crippen LogP) is 2.01. The van der Waals surface area contributed by atoms with Crippen molar-refractivity contribution in [3.63, 3.8) is 0 Å². The van der Waals surface area contributed by atoms with Gasteiger partial charge in [0.25, 0.3) is 0 Å². The fourth-order valence-corrected chi connectivity index (χ4v) is 6.23. The van der Waals surface area contributed by atoms with E-state index in [0.717, 1.165) is 37.7 Å². The van der Waals surface area contributed by atoms with Gasteiger partial charge in [0.15, 0.2) is 9.84 Å². The molecule has 42 heavy (non-hydrogen) atoms. The first-order chi connectivity index (χ1) is 20.0. The molecule has 1 aromatic heterocycles. The van der Waals surface area contributed by atoms with Crippen LogP contribution in [-0.4, -0.2) is 76.6 Å². The highest BCUT2D eigenvalue weighted by Crippen LogP contribution is 2.28. The lowest BCUT2D eigenvalue weighted by Gasteiger charge is -2.32. The number of benzene rings is 1. The van der Waals surface area contributed by atoms with Crippen LogP contribution in [0.1, 0.15) is 70.6 Å². The molecule has 234 valence electrons. The monoisotopic (exact) mass is 605 g/mol. The first-order valence-corrected chi connectivity index (χ1v) is 16.6. The molecule has 0 aliphatic heterocycles. The Balaban J connectivity index is 1.72. The van der Waals surface area contributed by atoms with Crippen molar-refractivity contribution in [1.29, 1.82) is 0 Å². The third-order valence-electron chi connectivity index (χ3n) is 8.00. The van der Waals surface area contributed by atoms with Gasteiger partial charge in [-0.25, -0.2) is 13.4 Å². The molecule has 1 heterocycles. The SMILES string of the molecule is CC(C)S(=O)(=O)C[C@H](O)[C@H](CC1CCCCC1)NC(=O)[C@H](Cc1cnc[nH]1)NC(=O)[C@@H](N)[C@@H](C)OCc1ccccc1. The summed E-state index contributed by atoms with van der Waals surface area (Å²) in [7, 11) is -3.56. The number of hydrogen-bond donors (Lipinski definition) is 5. The number of rotatable bonds is 16. The molecule has 1 aromatic carbocycles. The van der Waals surface area contributed by atoms with E-state index in [9.17, 15) is 23.1 Å². The van der Waals surface area contributed by atoms with Crippen molar-refractivity contribution in [3.8, 4) is 0 Å². The molecule has 0 saturated heterocycles. The number of carbonyl (C=O) groups is 2. The number of nitrogens with one attached hydrogen (secondary N) is 3. The van der Waals surface area contributed by atoms with Crippen LogP contribution in [0.2, 0.25) is 0 Å². The minimum atomic E-state index is -3.56. The fourth-order valence-electron chi connectivity index (χ4n) is 5.14. The maximum absolute atomic E-state index is 13.7. The topological polar surface area (TPSA) is 176 Å². The standard InChI is InChI=1S/C30H47N5O6S/c1-20(2)42(39,40)18-27(36)25(14-22-10-6-4-7-11-22)34-29(37)26(15-24-16-32-19-33-24)35-30(38)28(31)21(3)41-17-23-12-8-5-9-13-23/h5,8-9,12-13,16,19-22,25-28,36H,4,6-7,10-11,14-15,17-18,31H2,1-3H3,(H,32,33)(H,34,37)(H,35,38)/t21-,25+,26+,27+,28+/m1/s1. The Morgan fingerprint density at radius 1 is 1.10 bits per heavy atom. The molecule has 0 bridgehead atoms. The zero-order valence-electron chi connectivity index (χ0n) is 24.9. The van der Waals surface area contributed by atoms with Crippen LogP contribution < -0.4 is 16.4 Å². The number of aliphatic hydroxyl groups is 1. The second-order valence-corrected chi connectivity index (χ2v) is 14.3. The molecule has 6 N–H and O–H groups in total. The minimum absolute atomic E-state index is 0.0973. The number of imidazole rings is 1. The van der Waals surface area contributed by atoms with Crippen LogP contribution in [0.25, 0.3) is 0 Å². The first-order valence-electron chi connectivity index (χ1n) is 14.8. The molecule has 1 aliphatic carbocycles. The average molecular weight is 606 g/mol. The molecule has 2 amide bonds. The van der Waals surface area contributed by atoms with E-state index >= 15 is 0 Å². The van der Waals surface area contributed by atoms with Gasteiger partial charge in [-0.1, -0.05) is 62.4 Å². The maximum Gasteiger partial charge on any atom is 0.243 e. The van der Waals surface area contributed by atoms with Gasteiger partial charge in [0.2, 0.25) is 11.8 Å². The molecule has 2 aromatic rings. The summed E-state index contributed by atoms with van der Waals surface area (Å²) in [4.78, 5) is 33.8. The summed E-state index contributed by atoms with van der Waals surface area (Å²) in [5.41, 5.74) is 7.78. The molecular weight excluding hydrogens is 558 g/mol. The lowest BCUT2D eigenvalue weighted by molar-refractivity contribution is -0.132. The predicted molar refractivity (Wildman–Crippen MR) is 161 cm³/mol. The van der Waals surface area contributed by atoms with Gasteiger partial charge in [-0.15, -0.1) is 0 Å². The Kier molecular flexibility index (Phi) is 13.0. The van der Waals surface area contributed by atoms with Crippen molar-refractivity contribution in [2.45, 2.75) is 108 Å². The van der Waals surface area contributed by atoms with E-state index in [1.807, 2.05) is 30.3 Å². The minimum Gasteiger partial charge on any atom is -0.390 e. The van der Waals surface area contributed by atoms with Crippen LogP contribution in [-0.2, 0) is 37.2 Å². The molecule has 0 unspecified atom stereocenters. The number of aromatic nitrogens is 2. The van der Waals surface area contributed by atoms with Crippen molar-refractivity contribution in [1.82, 2.24) is 20.6 Å². The van der Waals surface area contributed by atoms with Crippen LogP contribution >= 0.6 is 0 Å². The van der Waals surface area contributed by atoms with E-state index in [4.69, 9.17) is 10.5 Å². The molecule has 1 fully saturated rings. The highest BCUT2D eigenvalue weighted by atomic mass is 32.2. The summed E-state index contributed by atoms with van der Waals surface area (Å²) in [5, 5.41) is 16.0. The molecule has 3 rings (SSSR count). The number of ether oxygens (including phenoxy) is 1. The molecule has 0 spiro atoms. The molecule has 5 atom stereocenters. The lowest BCUT2D eigenvalue weighted by atomic mass is 9.83. The van der Waals surface area contributed by atoms with Gasteiger partial charge in [0.1, 0.15) is 12.1 Å². The largest absolute Gasteiger partial charge is 0.390 e. The molecule has 1 saturated carbocycles. The summed E-state index contributed by atoms with van der Waals surface area (Å²) in [6, 6.07) is 6.62. The van der Waals surface area contributed by atoms with E-state index in [1.54, 1.807) is 27.0 Å². The van der Waals surface area contributed by atoms with Gasteiger partial charge >= 0.3 is 0 Å². The van der Waals surface area contributed by atoms with Crippen molar-refractivity contribution in [2.24, 2.45) is 11.7 Å². The quantitative estimate of drug-likeness (QED) is 0.193. The highest BCUT2D eigenvalue weighted by Gasteiger charge is 2.34. The average Bonchev–Trinajstić information content (AvgIpc) is 3.48. The first kappa shape index (κ1) is 33.7. The van der Waals surface area contributed by atoms with Crippen LogP contribution in [0.5, 0.6) is 0 Å². The van der Waals surface area contributed by atoms with Crippen LogP contribution in [0.4, 0.5) is 0 Å².